The van der Waals surface area contributed by atoms with Crippen LogP contribution < -0.4 is 14.9 Å². The molecule has 1 aromatic heterocycles. The van der Waals surface area contributed by atoms with Crippen molar-refractivity contribution in [3.05, 3.63) is 142 Å². The van der Waals surface area contributed by atoms with Gasteiger partial charge in [0.2, 0.25) is 0 Å². The van der Waals surface area contributed by atoms with E-state index in [-0.39, 0.29) is 28.1 Å². The Morgan fingerprint density at radius 3 is 2.40 bits per heavy atom. The summed E-state index contributed by atoms with van der Waals surface area (Å²) in [5, 5.41) is 25.8. The number of piperazine rings is 1. The van der Waals surface area contributed by atoms with Crippen molar-refractivity contribution in [1.82, 2.24) is 20.0 Å². The van der Waals surface area contributed by atoms with Gasteiger partial charge in [0.15, 0.2) is 5.82 Å². The summed E-state index contributed by atoms with van der Waals surface area (Å²) in [6, 6.07) is 35.9. The molecule has 1 aliphatic rings. The van der Waals surface area contributed by atoms with Crippen LogP contribution in [0, 0.1) is 10.1 Å². The Kier molecular flexibility index (Phi) is 13.1. The van der Waals surface area contributed by atoms with Crippen molar-refractivity contribution >= 4 is 67.0 Å². The van der Waals surface area contributed by atoms with Gasteiger partial charge in [0.1, 0.15) is 5.69 Å². The predicted octanol–water partition coefficient (Wildman–Crippen LogP) is 8.51. The summed E-state index contributed by atoms with van der Waals surface area (Å²) in [4.78, 5) is 19.4. The number of sulfonamides is 1. The summed E-state index contributed by atoms with van der Waals surface area (Å²) >= 11 is 7.80. The van der Waals surface area contributed by atoms with Gasteiger partial charge in [0, 0.05) is 77.0 Å². The second kappa shape index (κ2) is 18.6. The Hall–Kier alpha value is -5.25. The third-order valence-electron chi connectivity index (χ3n) is 10.1. The second-order valence-corrected chi connectivity index (χ2v) is 17.7. The van der Waals surface area contributed by atoms with Crippen LogP contribution in [0.5, 0.6) is 0 Å². The fraction of sp³-hybridized carbons (Fsp3) is 0.256. The summed E-state index contributed by atoms with van der Waals surface area (Å²) in [6.07, 6.45) is 2.33. The van der Waals surface area contributed by atoms with Crippen molar-refractivity contribution in [3.63, 3.8) is 0 Å². The molecule has 15 heteroatoms. The van der Waals surface area contributed by atoms with Crippen molar-refractivity contribution in [3.8, 4) is 11.1 Å². The number of rotatable bonds is 16. The first kappa shape index (κ1) is 40.9. The normalized spacial score (nSPS) is 14.1. The SMILES string of the molecule is CN(C)CCC(CSc1ccccc1)Nc1ccc(S(=O)(=O)Nc2nncc3cc(N4CCN(Cc5ccccc5-c5ccc(Cl)cc5)CC4)ccc23)cc1[N+](=O)[O-]. The summed E-state index contributed by atoms with van der Waals surface area (Å²) < 4.78 is 30.0. The Labute approximate surface area is 348 Å². The average molecular weight is 837 g/mol. The number of hydrogen-bond acceptors (Lipinski definition) is 11. The monoisotopic (exact) mass is 836 g/mol. The van der Waals surface area contributed by atoms with Crippen molar-refractivity contribution in [1.29, 1.82) is 0 Å². The standard InChI is InChI=1S/C43H45ClN8O4S2/c1-49(2)21-20-35(30-57-37-9-4-3-5-10-37)46-41-19-17-38(27-42(41)52(53)54)58(55,56)48-43-40-18-16-36(26-33(40)28-45-47-43)51-24-22-50(23-25-51)29-32-8-6-7-11-39(32)31-12-14-34(44)15-13-31/h3-19,26-28,35,46H,20-25,29-30H2,1-2H3,(H,47,48). The third-order valence-corrected chi connectivity index (χ3v) is 12.9. The molecule has 6 aromatic rings. The zero-order valence-electron chi connectivity index (χ0n) is 32.3. The molecule has 1 fully saturated rings. The first-order chi connectivity index (χ1) is 28.0. The van der Waals surface area contributed by atoms with E-state index in [0.29, 0.717) is 21.5 Å². The van der Waals surface area contributed by atoms with Gasteiger partial charge in [-0.2, -0.15) is 5.10 Å². The number of nitro benzene ring substituents is 1. The zero-order valence-corrected chi connectivity index (χ0v) is 34.7. The number of nitro groups is 1. The fourth-order valence-corrected chi connectivity index (χ4v) is 9.16. The maximum Gasteiger partial charge on any atom is 0.293 e. The average Bonchev–Trinajstić information content (AvgIpc) is 3.23. The van der Waals surface area contributed by atoms with Gasteiger partial charge in [-0.3, -0.25) is 19.7 Å². The lowest BCUT2D eigenvalue weighted by atomic mass is 9.99. The molecule has 1 saturated heterocycles. The number of anilines is 3. The molecular weight excluding hydrogens is 792 g/mol. The molecule has 0 bridgehead atoms. The number of aromatic nitrogens is 2. The Bertz CT molecular complexity index is 2470. The fourth-order valence-electron chi connectivity index (χ4n) is 7.00. The minimum Gasteiger partial charge on any atom is -0.376 e. The van der Waals surface area contributed by atoms with Crippen LogP contribution in [-0.4, -0.2) is 92.0 Å². The molecule has 1 unspecified atom stereocenters. The van der Waals surface area contributed by atoms with Gasteiger partial charge in [-0.25, -0.2) is 8.42 Å². The molecule has 0 radical (unpaired) electrons. The van der Waals surface area contributed by atoms with Crippen LogP contribution in [0.1, 0.15) is 12.0 Å². The largest absolute Gasteiger partial charge is 0.376 e. The van der Waals surface area contributed by atoms with Crippen molar-refractivity contribution in [2.45, 2.75) is 28.8 Å². The molecule has 2 heterocycles. The van der Waals surface area contributed by atoms with Gasteiger partial charge >= 0.3 is 0 Å². The lowest BCUT2D eigenvalue weighted by Gasteiger charge is -2.36. The van der Waals surface area contributed by atoms with Crippen LogP contribution >= 0.6 is 23.4 Å². The lowest BCUT2D eigenvalue weighted by Crippen LogP contribution is -2.46. The molecule has 300 valence electrons. The molecule has 2 N–H and O–H groups in total. The van der Waals surface area contributed by atoms with E-state index in [1.54, 1.807) is 18.0 Å². The maximum atomic E-state index is 13.7. The van der Waals surface area contributed by atoms with Crippen LogP contribution in [0.15, 0.2) is 131 Å². The molecular formula is C43H45ClN8O4S2. The number of hydrogen-bond donors (Lipinski definition) is 2. The minimum absolute atomic E-state index is 0.0414. The first-order valence-electron chi connectivity index (χ1n) is 19.0. The number of nitrogens with zero attached hydrogens (tertiary/aromatic N) is 6. The maximum absolute atomic E-state index is 13.7. The number of halogens is 1. The summed E-state index contributed by atoms with van der Waals surface area (Å²) in [5.74, 6) is 0.703. The number of nitrogens with one attached hydrogen (secondary N) is 2. The Morgan fingerprint density at radius 1 is 0.914 bits per heavy atom. The highest BCUT2D eigenvalue weighted by molar-refractivity contribution is 7.99. The van der Waals surface area contributed by atoms with Crippen LogP contribution in [0.25, 0.3) is 21.9 Å². The van der Waals surface area contributed by atoms with Gasteiger partial charge < -0.3 is 15.1 Å². The molecule has 0 aliphatic carbocycles. The number of fused-ring (bicyclic) bond motifs is 1. The molecule has 7 rings (SSSR count). The van der Waals surface area contributed by atoms with Crippen LogP contribution in [0.3, 0.4) is 0 Å². The van der Waals surface area contributed by atoms with E-state index in [2.05, 4.69) is 71.3 Å². The van der Waals surface area contributed by atoms with E-state index in [9.17, 15) is 18.5 Å². The Morgan fingerprint density at radius 2 is 1.66 bits per heavy atom. The van der Waals surface area contributed by atoms with Gasteiger partial charge in [-0.05, 0) is 98.3 Å². The molecule has 12 nitrogen and oxygen atoms in total. The van der Waals surface area contributed by atoms with Crippen LogP contribution in [-0.2, 0) is 16.6 Å². The summed E-state index contributed by atoms with van der Waals surface area (Å²) in [6.45, 7) is 4.98. The molecule has 0 spiro atoms. The smallest absolute Gasteiger partial charge is 0.293 e. The quantitative estimate of drug-likeness (QED) is 0.0552. The topological polar surface area (TPSA) is 137 Å². The molecule has 0 saturated carbocycles. The third kappa shape index (κ3) is 10.2. The highest BCUT2D eigenvalue weighted by Gasteiger charge is 2.25. The minimum atomic E-state index is -4.28. The van der Waals surface area contributed by atoms with E-state index in [1.165, 1.54) is 23.3 Å². The second-order valence-electron chi connectivity index (χ2n) is 14.5. The first-order valence-corrected chi connectivity index (χ1v) is 21.8. The van der Waals surface area contributed by atoms with Gasteiger partial charge in [-0.15, -0.1) is 16.9 Å². The van der Waals surface area contributed by atoms with E-state index in [1.807, 2.05) is 74.8 Å². The van der Waals surface area contributed by atoms with Crippen molar-refractivity contribution < 1.29 is 13.3 Å². The number of thioether (sulfide) groups is 1. The predicted molar refractivity (Wildman–Crippen MR) is 236 cm³/mol. The van der Waals surface area contributed by atoms with E-state index >= 15 is 0 Å². The van der Waals surface area contributed by atoms with Gasteiger partial charge in [0.05, 0.1) is 16.0 Å². The van der Waals surface area contributed by atoms with E-state index in [4.69, 9.17) is 11.6 Å². The van der Waals surface area contributed by atoms with Gasteiger partial charge in [-0.1, -0.05) is 66.2 Å². The Balaban J connectivity index is 1.02. The van der Waals surface area contributed by atoms with Crippen LogP contribution in [0.4, 0.5) is 22.9 Å². The lowest BCUT2D eigenvalue weighted by molar-refractivity contribution is -0.384. The highest BCUT2D eigenvalue weighted by atomic mass is 35.5. The molecule has 1 aliphatic heterocycles. The molecule has 1 atom stereocenters. The highest BCUT2D eigenvalue weighted by Crippen LogP contribution is 2.33. The number of benzene rings is 5. The molecule has 5 aromatic carbocycles. The molecule has 58 heavy (non-hydrogen) atoms. The van der Waals surface area contributed by atoms with E-state index < -0.39 is 14.9 Å². The summed E-state index contributed by atoms with van der Waals surface area (Å²) in [5.41, 5.74) is 4.52. The molecule has 0 amide bonds. The van der Waals surface area contributed by atoms with E-state index in [0.717, 1.165) is 67.9 Å². The van der Waals surface area contributed by atoms with Crippen molar-refractivity contribution in [2.75, 3.05) is 67.5 Å². The van der Waals surface area contributed by atoms with Crippen molar-refractivity contribution in [2.24, 2.45) is 0 Å². The zero-order chi connectivity index (χ0) is 40.6. The van der Waals surface area contributed by atoms with Crippen LogP contribution in [0.2, 0.25) is 5.02 Å². The van der Waals surface area contributed by atoms with Gasteiger partial charge in [0.25, 0.3) is 15.7 Å². The summed E-state index contributed by atoms with van der Waals surface area (Å²) in [7, 11) is -0.324.